The molecule has 1 N–H and O–H groups in total. The summed E-state index contributed by atoms with van der Waals surface area (Å²) in [6, 6.07) is 0.0295. The highest BCUT2D eigenvalue weighted by atomic mass is 16.1. The maximum absolute atomic E-state index is 12.1. The maximum atomic E-state index is 12.1. The molecule has 0 radical (unpaired) electrons. The first-order valence-corrected chi connectivity index (χ1v) is 6.87. The zero-order valence-corrected chi connectivity index (χ0v) is 11.9. The predicted molar refractivity (Wildman–Crippen MR) is 73.1 cm³/mol. The molecule has 0 aliphatic carbocycles. The Labute approximate surface area is 110 Å². The Kier molecular flexibility index (Phi) is 5.89. The number of unbranched alkanes of at least 4 members (excludes halogenated alkanes) is 1. The fraction of sp³-hybridized carbons (Fsp3) is 0.714. The molecular formula is C14H25N3O. The van der Waals surface area contributed by atoms with E-state index in [1.165, 1.54) is 0 Å². The van der Waals surface area contributed by atoms with E-state index in [-0.39, 0.29) is 17.9 Å². The first-order chi connectivity index (χ1) is 8.58. The van der Waals surface area contributed by atoms with Gasteiger partial charge in [0.05, 0.1) is 12.2 Å². The van der Waals surface area contributed by atoms with Crippen molar-refractivity contribution in [3.63, 3.8) is 0 Å². The van der Waals surface area contributed by atoms with Crippen LogP contribution in [0.15, 0.2) is 12.4 Å². The van der Waals surface area contributed by atoms with Crippen LogP contribution in [-0.4, -0.2) is 15.7 Å². The van der Waals surface area contributed by atoms with Gasteiger partial charge in [-0.05, 0) is 19.8 Å². The Morgan fingerprint density at radius 2 is 2.22 bits per heavy atom. The normalized spacial score (nSPS) is 14.2. The number of amides is 1. The zero-order chi connectivity index (χ0) is 13.5. The Hall–Kier alpha value is -1.32. The maximum Gasteiger partial charge on any atom is 0.223 e. The lowest BCUT2D eigenvalue weighted by Gasteiger charge is -2.18. The number of nitrogens with one attached hydrogen (secondary N) is 1. The minimum absolute atomic E-state index is 0.0295. The summed E-state index contributed by atoms with van der Waals surface area (Å²) in [5.41, 5.74) is 1.05. The van der Waals surface area contributed by atoms with Gasteiger partial charge < -0.3 is 5.32 Å². The highest BCUT2D eigenvalue weighted by Crippen LogP contribution is 2.16. The van der Waals surface area contributed by atoms with E-state index >= 15 is 0 Å². The standard InChI is InChI=1S/C14H25N3O/c1-5-7-8-12(6-2)14(18)16-11(3)13-9-15-17(4)10-13/h9-12H,5-8H2,1-4H3,(H,16,18)/t11-,12+/m1/s1. The van der Waals surface area contributed by atoms with Crippen molar-refractivity contribution >= 4 is 5.91 Å². The van der Waals surface area contributed by atoms with Crippen molar-refractivity contribution in [3.05, 3.63) is 18.0 Å². The number of carbonyl (C=O) groups is 1. The summed E-state index contributed by atoms with van der Waals surface area (Å²) in [4.78, 5) is 12.1. The van der Waals surface area contributed by atoms with Crippen LogP contribution in [0.4, 0.5) is 0 Å². The molecule has 1 amide bonds. The molecule has 0 aliphatic heterocycles. The topological polar surface area (TPSA) is 46.9 Å². The monoisotopic (exact) mass is 251 g/mol. The van der Waals surface area contributed by atoms with E-state index in [4.69, 9.17) is 0 Å². The van der Waals surface area contributed by atoms with Crippen LogP contribution in [0, 0.1) is 5.92 Å². The van der Waals surface area contributed by atoms with Gasteiger partial charge >= 0.3 is 0 Å². The zero-order valence-electron chi connectivity index (χ0n) is 11.9. The van der Waals surface area contributed by atoms with E-state index in [1.54, 1.807) is 10.9 Å². The van der Waals surface area contributed by atoms with Crippen molar-refractivity contribution in [2.45, 2.75) is 52.5 Å². The molecular weight excluding hydrogens is 226 g/mol. The molecule has 0 aliphatic rings. The highest BCUT2D eigenvalue weighted by Gasteiger charge is 2.18. The molecule has 1 aromatic rings. The van der Waals surface area contributed by atoms with Gasteiger partial charge in [0.25, 0.3) is 0 Å². The van der Waals surface area contributed by atoms with E-state index in [1.807, 2.05) is 20.2 Å². The molecule has 102 valence electrons. The fourth-order valence-corrected chi connectivity index (χ4v) is 2.05. The fourth-order valence-electron chi connectivity index (χ4n) is 2.05. The van der Waals surface area contributed by atoms with Gasteiger partial charge in [-0.3, -0.25) is 9.48 Å². The average molecular weight is 251 g/mol. The molecule has 0 unspecified atom stereocenters. The molecule has 1 rings (SSSR count). The first kappa shape index (κ1) is 14.7. The number of hydrogen-bond donors (Lipinski definition) is 1. The van der Waals surface area contributed by atoms with Crippen molar-refractivity contribution < 1.29 is 4.79 Å². The quantitative estimate of drug-likeness (QED) is 0.810. The van der Waals surface area contributed by atoms with Crippen LogP contribution in [-0.2, 0) is 11.8 Å². The second kappa shape index (κ2) is 7.19. The largest absolute Gasteiger partial charge is 0.349 e. The summed E-state index contributed by atoms with van der Waals surface area (Å²) in [5.74, 6) is 0.311. The lowest BCUT2D eigenvalue weighted by atomic mass is 9.98. The third-order valence-electron chi connectivity index (χ3n) is 3.35. The van der Waals surface area contributed by atoms with Gasteiger partial charge in [0, 0.05) is 24.7 Å². The summed E-state index contributed by atoms with van der Waals surface area (Å²) >= 11 is 0. The minimum Gasteiger partial charge on any atom is -0.349 e. The summed E-state index contributed by atoms with van der Waals surface area (Å²) in [5, 5.41) is 7.20. The van der Waals surface area contributed by atoms with Gasteiger partial charge in [0.2, 0.25) is 5.91 Å². The number of aromatic nitrogens is 2. The molecule has 4 heteroatoms. The summed E-state index contributed by atoms with van der Waals surface area (Å²) in [6.45, 7) is 6.24. The molecule has 0 saturated carbocycles. The van der Waals surface area contributed by atoms with E-state index in [9.17, 15) is 4.79 Å². The van der Waals surface area contributed by atoms with Crippen LogP contribution in [0.3, 0.4) is 0 Å². The van der Waals surface area contributed by atoms with E-state index in [0.717, 1.165) is 31.2 Å². The Morgan fingerprint density at radius 1 is 1.50 bits per heavy atom. The summed E-state index contributed by atoms with van der Waals surface area (Å²) in [6.07, 6.45) is 7.90. The van der Waals surface area contributed by atoms with Gasteiger partial charge in [-0.25, -0.2) is 0 Å². The van der Waals surface area contributed by atoms with Crippen LogP contribution in [0.25, 0.3) is 0 Å². The average Bonchev–Trinajstić information content (AvgIpc) is 2.77. The summed E-state index contributed by atoms with van der Waals surface area (Å²) < 4.78 is 1.76. The molecule has 0 fully saturated rings. The molecule has 0 bridgehead atoms. The Balaban J connectivity index is 2.52. The smallest absolute Gasteiger partial charge is 0.223 e. The number of carbonyl (C=O) groups excluding carboxylic acids is 1. The van der Waals surface area contributed by atoms with Gasteiger partial charge in [-0.1, -0.05) is 26.7 Å². The van der Waals surface area contributed by atoms with Crippen molar-refractivity contribution in [2.24, 2.45) is 13.0 Å². The number of hydrogen-bond acceptors (Lipinski definition) is 2. The van der Waals surface area contributed by atoms with Crippen molar-refractivity contribution in [1.29, 1.82) is 0 Å². The van der Waals surface area contributed by atoms with Crippen molar-refractivity contribution in [1.82, 2.24) is 15.1 Å². The third-order valence-corrected chi connectivity index (χ3v) is 3.35. The predicted octanol–water partition coefficient (Wildman–Crippen LogP) is 2.81. The van der Waals surface area contributed by atoms with Crippen LogP contribution in [0.5, 0.6) is 0 Å². The second-order valence-electron chi connectivity index (χ2n) is 4.93. The molecule has 4 nitrogen and oxygen atoms in total. The molecule has 0 saturated heterocycles. The lowest BCUT2D eigenvalue weighted by molar-refractivity contribution is -0.126. The van der Waals surface area contributed by atoms with E-state index in [0.29, 0.717) is 0 Å². The van der Waals surface area contributed by atoms with Crippen molar-refractivity contribution in [2.75, 3.05) is 0 Å². The minimum atomic E-state index is 0.0295. The Bertz CT molecular complexity index is 373. The van der Waals surface area contributed by atoms with Crippen LogP contribution in [0.1, 0.15) is 58.1 Å². The highest BCUT2D eigenvalue weighted by molar-refractivity contribution is 5.78. The van der Waals surface area contributed by atoms with E-state index in [2.05, 4.69) is 24.3 Å². The van der Waals surface area contributed by atoms with Gasteiger partial charge in [-0.15, -0.1) is 0 Å². The molecule has 0 aromatic carbocycles. The molecule has 1 heterocycles. The number of aryl methyl sites for hydroxylation is 1. The SMILES string of the molecule is CCCC[C@H](CC)C(=O)N[C@H](C)c1cnn(C)c1. The second-order valence-corrected chi connectivity index (χ2v) is 4.93. The van der Waals surface area contributed by atoms with Crippen LogP contribution in [0.2, 0.25) is 0 Å². The van der Waals surface area contributed by atoms with E-state index < -0.39 is 0 Å². The molecule has 18 heavy (non-hydrogen) atoms. The lowest BCUT2D eigenvalue weighted by Crippen LogP contribution is -2.32. The van der Waals surface area contributed by atoms with Gasteiger partial charge in [0.1, 0.15) is 0 Å². The first-order valence-electron chi connectivity index (χ1n) is 6.87. The number of nitrogens with zero attached hydrogens (tertiary/aromatic N) is 2. The van der Waals surface area contributed by atoms with Gasteiger partial charge in [0.15, 0.2) is 0 Å². The molecule has 1 aromatic heterocycles. The van der Waals surface area contributed by atoms with Crippen LogP contribution < -0.4 is 5.32 Å². The molecule has 2 atom stereocenters. The number of rotatable bonds is 7. The summed E-state index contributed by atoms with van der Waals surface area (Å²) in [7, 11) is 1.88. The third kappa shape index (κ3) is 4.17. The van der Waals surface area contributed by atoms with Gasteiger partial charge in [-0.2, -0.15) is 5.10 Å². The molecule has 0 spiro atoms. The Morgan fingerprint density at radius 3 is 2.72 bits per heavy atom. The van der Waals surface area contributed by atoms with Crippen LogP contribution >= 0.6 is 0 Å². The van der Waals surface area contributed by atoms with Crippen molar-refractivity contribution in [3.8, 4) is 0 Å².